The topological polar surface area (TPSA) is 73.9 Å². The average molecular weight is 462 g/mol. The third-order valence-electron chi connectivity index (χ3n) is 5.03. The smallest absolute Gasteiger partial charge is 0.408 e. The molecule has 0 fully saturated rings. The molecule has 186 valence electrons. The molecule has 0 aromatic heterocycles. The van der Waals surface area contributed by atoms with E-state index in [2.05, 4.69) is 12.2 Å². The van der Waals surface area contributed by atoms with Crippen molar-refractivity contribution in [1.82, 2.24) is 5.32 Å². The van der Waals surface area contributed by atoms with Crippen LogP contribution in [0, 0.1) is 0 Å². The molecule has 0 aliphatic carbocycles. The van der Waals surface area contributed by atoms with Crippen molar-refractivity contribution in [2.24, 2.45) is 0 Å². The van der Waals surface area contributed by atoms with Gasteiger partial charge in [0, 0.05) is 6.08 Å². The molecule has 6 heteroatoms. The summed E-state index contributed by atoms with van der Waals surface area (Å²) in [7, 11) is 0. The first-order valence-electron chi connectivity index (χ1n) is 12.2. The maximum atomic E-state index is 12.4. The van der Waals surface area contributed by atoms with Crippen LogP contribution >= 0.6 is 0 Å². The molecule has 0 aliphatic rings. The van der Waals surface area contributed by atoms with Gasteiger partial charge in [-0.3, -0.25) is 0 Å². The predicted molar refractivity (Wildman–Crippen MR) is 133 cm³/mol. The van der Waals surface area contributed by atoms with Crippen LogP contribution in [0.3, 0.4) is 0 Å². The van der Waals surface area contributed by atoms with Crippen LogP contribution < -0.4 is 10.1 Å². The standard InChI is InChI=1S/C27H43NO5/c1-7-9-10-11-12-21-32-23-15-13-22(14-16-23)17-19-27(6,20-18-24(29)31-8-2)28-25(30)33-26(3,4)5/h13-16,18,20H,7-12,17,19,21H2,1-6H3,(H,28,30)/t27-/m1/s1. The first-order chi connectivity index (χ1) is 15.6. The number of aryl methyl sites for hydroxylation is 1. The SMILES string of the molecule is CCCCCCCOc1ccc(CC[C@](C)(C=CC(=O)OCC)NC(=O)OC(C)(C)C)cc1. The second kappa shape index (κ2) is 14.6. The van der Waals surface area contributed by atoms with Gasteiger partial charge in [0.15, 0.2) is 0 Å². The number of esters is 1. The molecule has 6 nitrogen and oxygen atoms in total. The van der Waals surface area contributed by atoms with E-state index in [9.17, 15) is 9.59 Å². The van der Waals surface area contributed by atoms with Gasteiger partial charge in [0.05, 0.1) is 18.8 Å². The number of benzene rings is 1. The minimum absolute atomic E-state index is 0.298. The van der Waals surface area contributed by atoms with Crippen LogP contribution in [0.5, 0.6) is 5.75 Å². The number of hydrogen-bond acceptors (Lipinski definition) is 5. The Labute approximate surface area is 200 Å². The van der Waals surface area contributed by atoms with Gasteiger partial charge in [0.25, 0.3) is 0 Å². The lowest BCUT2D eigenvalue weighted by atomic mass is 9.92. The number of carbonyl (C=O) groups excluding carboxylic acids is 2. The van der Waals surface area contributed by atoms with Gasteiger partial charge >= 0.3 is 12.1 Å². The van der Waals surface area contributed by atoms with Crippen LogP contribution in [0.4, 0.5) is 4.79 Å². The summed E-state index contributed by atoms with van der Waals surface area (Å²) in [6, 6.07) is 8.04. The highest BCUT2D eigenvalue weighted by molar-refractivity contribution is 5.82. The number of hydrogen-bond donors (Lipinski definition) is 1. The normalized spacial score (nSPS) is 13.4. The van der Waals surface area contributed by atoms with Crippen LogP contribution in [0.25, 0.3) is 0 Å². The van der Waals surface area contributed by atoms with E-state index in [0.29, 0.717) is 19.4 Å². The molecule has 0 spiro atoms. The molecule has 0 heterocycles. The minimum Gasteiger partial charge on any atom is -0.494 e. The zero-order valence-corrected chi connectivity index (χ0v) is 21.4. The molecule has 0 radical (unpaired) electrons. The maximum Gasteiger partial charge on any atom is 0.408 e. The lowest BCUT2D eigenvalue weighted by Crippen LogP contribution is -2.47. The quantitative estimate of drug-likeness (QED) is 0.198. The summed E-state index contributed by atoms with van der Waals surface area (Å²) in [5, 5.41) is 2.90. The molecule has 0 aliphatic heterocycles. The summed E-state index contributed by atoms with van der Waals surface area (Å²) in [5.41, 5.74) is -0.267. The molecule has 0 bridgehead atoms. The highest BCUT2D eigenvalue weighted by Gasteiger charge is 2.27. The third-order valence-corrected chi connectivity index (χ3v) is 5.03. The van der Waals surface area contributed by atoms with Gasteiger partial charge in [-0.1, -0.05) is 50.8 Å². The fourth-order valence-corrected chi connectivity index (χ4v) is 3.22. The molecular weight excluding hydrogens is 418 g/mol. The number of rotatable bonds is 14. The predicted octanol–water partition coefficient (Wildman–Crippen LogP) is 6.37. The van der Waals surface area contributed by atoms with Crippen molar-refractivity contribution in [3.05, 3.63) is 42.0 Å². The zero-order chi connectivity index (χ0) is 24.7. The van der Waals surface area contributed by atoms with Gasteiger partial charge in [-0.05, 0) is 71.6 Å². The van der Waals surface area contributed by atoms with Crippen molar-refractivity contribution in [3.63, 3.8) is 0 Å². The lowest BCUT2D eigenvalue weighted by Gasteiger charge is -2.29. The molecule has 1 amide bonds. The zero-order valence-electron chi connectivity index (χ0n) is 21.4. The Morgan fingerprint density at radius 3 is 2.24 bits per heavy atom. The first kappa shape index (κ1) is 28.5. The molecule has 1 atom stereocenters. The van der Waals surface area contributed by atoms with E-state index in [1.54, 1.807) is 13.0 Å². The van der Waals surface area contributed by atoms with E-state index < -0.39 is 23.2 Å². The number of nitrogens with one attached hydrogen (secondary N) is 1. The van der Waals surface area contributed by atoms with Gasteiger partial charge in [-0.25, -0.2) is 9.59 Å². The third kappa shape index (κ3) is 13.6. The van der Waals surface area contributed by atoms with E-state index in [1.165, 1.54) is 31.8 Å². The highest BCUT2D eigenvalue weighted by Crippen LogP contribution is 2.20. The summed E-state index contributed by atoms with van der Waals surface area (Å²) in [4.78, 5) is 24.2. The monoisotopic (exact) mass is 461 g/mol. The number of carbonyl (C=O) groups is 2. The van der Waals surface area contributed by atoms with Crippen molar-refractivity contribution in [1.29, 1.82) is 0 Å². The summed E-state index contributed by atoms with van der Waals surface area (Å²) in [5.74, 6) is 0.428. The maximum absolute atomic E-state index is 12.4. The molecule has 1 N–H and O–H groups in total. The Morgan fingerprint density at radius 2 is 1.64 bits per heavy atom. The van der Waals surface area contributed by atoms with Gasteiger partial charge < -0.3 is 19.5 Å². The van der Waals surface area contributed by atoms with Gasteiger partial charge in [0.1, 0.15) is 11.4 Å². The summed E-state index contributed by atoms with van der Waals surface area (Å²) < 4.78 is 16.2. The Kier molecular flexibility index (Phi) is 12.6. The molecule has 0 unspecified atom stereocenters. The molecule has 0 saturated carbocycles. The van der Waals surface area contributed by atoms with Crippen molar-refractivity contribution < 1.29 is 23.8 Å². The fourth-order valence-electron chi connectivity index (χ4n) is 3.22. The summed E-state index contributed by atoms with van der Waals surface area (Å²) >= 11 is 0. The van der Waals surface area contributed by atoms with E-state index in [1.807, 2.05) is 52.0 Å². The Bertz CT molecular complexity index is 736. The molecular formula is C27H43NO5. The number of amides is 1. The van der Waals surface area contributed by atoms with Gasteiger partial charge in [-0.15, -0.1) is 0 Å². The van der Waals surface area contributed by atoms with Crippen LogP contribution in [0.15, 0.2) is 36.4 Å². The molecule has 1 rings (SSSR count). The number of unbranched alkanes of at least 4 members (excludes halogenated alkanes) is 4. The van der Waals surface area contributed by atoms with Crippen molar-refractivity contribution >= 4 is 12.1 Å². The lowest BCUT2D eigenvalue weighted by molar-refractivity contribution is -0.137. The Hall–Kier alpha value is -2.50. The largest absolute Gasteiger partial charge is 0.494 e. The number of alkyl carbamates (subject to hydrolysis) is 1. The van der Waals surface area contributed by atoms with Crippen molar-refractivity contribution in [2.45, 2.75) is 97.6 Å². The van der Waals surface area contributed by atoms with Crippen molar-refractivity contribution in [3.8, 4) is 5.75 Å². The van der Waals surface area contributed by atoms with Gasteiger partial charge in [-0.2, -0.15) is 0 Å². The number of ether oxygens (including phenoxy) is 3. The highest BCUT2D eigenvalue weighted by atomic mass is 16.6. The second-order valence-corrected chi connectivity index (χ2v) is 9.54. The van der Waals surface area contributed by atoms with Crippen LogP contribution in [0.2, 0.25) is 0 Å². The van der Waals surface area contributed by atoms with Crippen LogP contribution in [-0.2, 0) is 20.7 Å². The molecule has 1 aromatic rings. The van der Waals surface area contributed by atoms with Crippen LogP contribution in [0.1, 0.15) is 85.6 Å². The first-order valence-corrected chi connectivity index (χ1v) is 12.2. The molecule has 33 heavy (non-hydrogen) atoms. The summed E-state index contributed by atoms with van der Waals surface area (Å²) in [6.45, 7) is 12.3. The van der Waals surface area contributed by atoms with E-state index in [0.717, 1.165) is 24.3 Å². The minimum atomic E-state index is -0.775. The summed E-state index contributed by atoms with van der Waals surface area (Å²) in [6.07, 6.45) is 9.86. The second-order valence-electron chi connectivity index (χ2n) is 9.54. The average Bonchev–Trinajstić information content (AvgIpc) is 2.73. The molecule has 1 aromatic carbocycles. The Morgan fingerprint density at radius 1 is 0.970 bits per heavy atom. The van der Waals surface area contributed by atoms with E-state index in [-0.39, 0.29) is 0 Å². The van der Waals surface area contributed by atoms with E-state index in [4.69, 9.17) is 14.2 Å². The molecule has 0 saturated heterocycles. The van der Waals surface area contributed by atoms with E-state index >= 15 is 0 Å². The van der Waals surface area contributed by atoms with Crippen molar-refractivity contribution in [2.75, 3.05) is 13.2 Å². The van der Waals surface area contributed by atoms with Gasteiger partial charge in [0.2, 0.25) is 0 Å². The Balaban J connectivity index is 2.69. The fraction of sp³-hybridized carbons (Fsp3) is 0.630. The van der Waals surface area contributed by atoms with Crippen LogP contribution in [-0.4, -0.2) is 36.4 Å².